The van der Waals surface area contributed by atoms with Crippen molar-refractivity contribution in [2.24, 2.45) is 0 Å². The van der Waals surface area contributed by atoms with E-state index < -0.39 is 15.5 Å². The standard InChI is InChI=1S/2Ce.NO3.H2O4S/c;;2-1(3)4;1-5(2,3)4/h;;;(H2,1,2,3,4)/q2*+3;-1;/p-2. The SMILES string of the molecule is O=S(=O)([O-])[O-].O=[N+]([O-])[O-].[Ce+3].[Ce+3]. The molecule has 0 aliphatic heterocycles. The van der Waals surface area contributed by atoms with Crippen molar-refractivity contribution in [2.45, 2.75) is 0 Å². The van der Waals surface area contributed by atoms with Gasteiger partial charge in [0, 0.05) is 10.4 Å². The summed E-state index contributed by atoms with van der Waals surface area (Å²) in [4.78, 5) is 8.25. The Bertz CT molecular complexity index is 159. The Morgan fingerprint density at radius 1 is 1.00 bits per heavy atom. The molecule has 0 amide bonds. The molecule has 2 radical (unpaired) electrons. The van der Waals surface area contributed by atoms with Crippen molar-refractivity contribution >= 4 is 10.4 Å². The summed E-state index contributed by atoms with van der Waals surface area (Å²) in [6.07, 6.45) is 0. The largest absolute Gasteiger partial charge is 3.00 e. The van der Waals surface area contributed by atoms with Gasteiger partial charge in [0.05, 0.1) is 5.09 Å². The predicted molar refractivity (Wildman–Crippen MR) is 20.8 cm³/mol. The number of hydrogen-bond donors (Lipinski definition) is 0. The molecule has 0 heterocycles. The van der Waals surface area contributed by atoms with Crippen molar-refractivity contribution in [2.75, 3.05) is 0 Å². The second-order valence-corrected chi connectivity index (χ2v) is 1.45. The second-order valence-electron chi connectivity index (χ2n) is 0.632. The number of hydrogen-bond acceptors (Lipinski definition) is 7. The van der Waals surface area contributed by atoms with Crippen LogP contribution in [-0.2, 0) is 10.4 Å². The summed E-state index contributed by atoms with van der Waals surface area (Å²) in [5, 5.41) is 14.8. The minimum atomic E-state index is -5.17. The first-order valence-electron chi connectivity index (χ1n) is 1.21. The third-order valence-electron chi connectivity index (χ3n) is 0. The zero-order chi connectivity index (χ0) is 8.08. The first-order chi connectivity index (χ1) is 3.73. The molecule has 0 aromatic rings. The van der Waals surface area contributed by atoms with Crippen molar-refractivity contribution in [3.8, 4) is 0 Å². The molecule has 11 heteroatoms. The van der Waals surface area contributed by atoms with Crippen LogP contribution in [0.2, 0.25) is 0 Å². The van der Waals surface area contributed by atoms with Gasteiger partial charge in [0.15, 0.2) is 0 Å². The van der Waals surface area contributed by atoms with Crippen LogP contribution in [0.5, 0.6) is 0 Å². The Morgan fingerprint density at radius 2 is 1.00 bits per heavy atom. The van der Waals surface area contributed by atoms with Crippen LogP contribution < -0.4 is 0 Å². The normalized spacial score (nSPS) is 7.45. The summed E-state index contributed by atoms with van der Waals surface area (Å²) in [5.74, 6) is 0. The van der Waals surface area contributed by atoms with Crippen LogP contribution >= 0.6 is 0 Å². The molecule has 0 fully saturated rings. The van der Waals surface area contributed by atoms with E-state index in [-0.39, 0.29) is 83.5 Å². The van der Waals surface area contributed by atoms with E-state index in [1.54, 1.807) is 0 Å². The van der Waals surface area contributed by atoms with Gasteiger partial charge in [-0.1, -0.05) is 0 Å². The fourth-order valence-electron chi connectivity index (χ4n) is 0. The minimum absolute atomic E-state index is 0. The number of nitrogens with zero attached hydrogens (tertiary/aromatic N) is 1. The van der Waals surface area contributed by atoms with E-state index in [9.17, 15) is 0 Å². The number of rotatable bonds is 0. The molecule has 0 aromatic heterocycles. The molecular formula is Ce2NO7S+3. The monoisotopic (exact) mass is 438 g/mol. The van der Waals surface area contributed by atoms with Crippen molar-refractivity contribution in [1.29, 1.82) is 0 Å². The van der Waals surface area contributed by atoms with E-state index in [1.165, 1.54) is 0 Å². The Balaban J connectivity index is -0.0000000383. The molecule has 0 rings (SSSR count). The van der Waals surface area contributed by atoms with Gasteiger partial charge in [0.2, 0.25) is 0 Å². The Morgan fingerprint density at radius 3 is 1.00 bits per heavy atom. The molecule has 0 saturated carbocycles. The Hall–Kier alpha value is 1.82. The molecule has 11 heavy (non-hydrogen) atoms. The molecule has 0 unspecified atom stereocenters. The Labute approximate surface area is 129 Å². The van der Waals surface area contributed by atoms with Crippen molar-refractivity contribution in [3.05, 3.63) is 15.3 Å². The Kier molecular flexibility index (Phi) is 24.7. The fourth-order valence-corrected chi connectivity index (χ4v) is 0. The van der Waals surface area contributed by atoms with Gasteiger partial charge in [0.1, 0.15) is 0 Å². The second kappa shape index (κ2) is 11.8. The van der Waals surface area contributed by atoms with Gasteiger partial charge in [-0.3, -0.25) is 8.42 Å². The van der Waals surface area contributed by atoms with E-state index in [0.29, 0.717) is 0 Å². The molecule has 58 valence electrons. The zero-order valence-electron chi connectivity index (χ0n) is 4.71. The van der Waals surface area contributed by atoms with Crippen molar-refractivity contribution in [1.82, 2.24) is 0 Å². The molecular weight excluding hydrogens is 438 g/mol. The van der Waals surface area contributed by atoms with Gasteiger partial charge >= 0.3 is 83.5 Å². The van der Waals surface area contributed by atoms with Gasteiger partial charge in [-0.05, 0) is 0 Å². The smallest absolute Gasteiger partial charge is 0.759 e. The van der Waals surface area contributed by atoms with Crippen LogP contribution in [0.3, 0.4) is 0 Å². The average Bonchev–Trinajstić information content (AvgIpc) is 1.19. The van der Waals surface area contributed by atoms with Crippen LogP contribution in [0.25, 0.3) is 0 Å². The van der Waals surface area contributed by atoms with Crippen LogP contribution in [0.1, 0.15) is 0 Å². The zero-order valence-corrected chi connectivity index (χ0v) is 11.8. The molecule has 0 spiro atoms. The van der Waals surface area contributed by atoms with E-state index in [1.807, 2.05) is 0 Å². The van der Waals surface area contributed by atoms with Crippen molar-refractivity contribution < 1.29 is 106 Å². The molecule has 0 aliphatic carbocycles. The molecule has 8 nitrogen and oxygen atoms in total. The summed E-state index contributed by atoms with van der Waals surface area (Å²) in [6, 6.07) is 0. The third-order valence-corrected chi connectivity index (χ3v) is 0. The van der Waals surface area contributed by atoms with Crippen LogP contribution in [-0.4, -0.2) is 22.6 Å². The van der Waals surface area contributed by atoms with E-state index in [0.717, 1.165) is 0 Å². The average molecular weight is 438 g/mol. The molecule has 0 aromatic carbocycles. The fraction of sp³-hybridized carbons (Fsp3) is 0. The van der Waals surface area contributed by atoms with Gasteiger partial charge in [-0.25, -0.2) is 0 Å². The summed E-state index contributed by atoms with van der Waals surface area (Å²) in [5.41, 5.74) is 0. The summed E-state index contributed by atoms with van der Waals surface area (Å²) >= 11 is 0. The minimum Gasteiger partial charge on any atom is -0.759 e. The predicted octanol–water partition coefficient (Wildman–Crippen LogP) is -1.58. The topological polar surface area (TPSA) is 146 Å². The van der Waals surface area contributed by atoms with Gasteiger partial charge in [0.25, 0.3) is 0 Å². The summed E-state index contributed by atoms with van der Waals surface area (Å²) < 4.78 is 34.1. The van der Waals surface area contributed by atoms with E-state index in [2.05, 4.69) is 0 Å². The molecule has 0 atom stereocenters. The van der Waals surface area contributed by atoms with Gasteiger partial charge in [-0.2, -0.15) is 0 Å². The van der Waals surface area contributed by atoms with Crippen molar-refractivity contribution in [3.63, 3.8) is 0 Å². The first-order valence-corrected chi connectivity index (χ1v) is 2.55. The van der Waals surface area contributed by atoms with Crippen LogP contribution in [0.15, 0.2) is 0 Å². The van der Waals surface area contributed by atoms with E-state index in [4.69, 9.17) is 32.8 Å². The van der Waals surface area contributed by atoms with Gasteiger partial charge in [-0.15, -0.1) is 0 Å². The molecule has 0 bridgehead atoms. The third kappa shape index (κ3) is 343. The molecule has 0 saturated heterocycles. The maximum absolute atomic E-state index is 8.52. The molecule has 0 aliphatic rings. The van der Waals surface area contributed by atoms with E-state index >= 15 is 0 Å². The maximum atomic E-state index is 8.52. The van der Waals surface area contributed by atoms with Crippen LogP contribution in [0.4, 0.5) is 0 Å². The van der Waals surface area contributed by atoms with Crippen LogP contribution in [0, 0.1) is 98.8 Å². The first kappa shape index (κ1) is 23.0. The summed E-state index contributed by atoms with van der Waals surface area (Å²) in [7, 11) is -5.17. The quantitative estimate of drug-likeness (QED) is 0.192. The summed E-state index contributed by atoms with van der Waals surface area (Å²) in [6.45, 7) is 0. The van der Waals surface area contributed by atoms with Gasteiger partial charge < -0.3 is 24.4 Å². The molecule has 0 N–H and O–H groups in total. The maximum Gasteiger partial charge on any atom is 3.00 e.